The zero-order valence-electron chi connectivity index (χ0n) is 11.6. The first-order chi connectivity index (χ1) is 10.7. The van der Waals surface area contributed by atoms with Crippen LogP contribution >= 0.6 is 0 Å². The van der Waals surface area contributed by atoms with Crippen LogP contribution in [0.1, 0.15) is 11.1 Å². The Bertz CT molecular complexity index is 772. The lowest BCUT2D eigenvalue weighted by atomic mass is 10.2. The van der Waals surface area contributed by atoms with Crippen LogP contribution < -0.4 is 0 Å². The van der Waals surface area contributed by atoms with Crippen molar-refractivity contribution in [3.8, 4) is 5.75 Å². The van der Waals surface area contributed by atoms with Crippen LogP contribution in [0, 0.1) is 0 Å². The van der Waals surface area contributed by atoms with Gasteiger partial charge >= 0.3 is 5.97 Å². The van der Waals surface area contributed by atoms with Crippen LogP contribution in [-0.4, -0.2) is 17.0 Å². The highest BCUT2D eigenvalue weighted by Crippen LogP contribution is 2.18. The fraction of sp³-hybridized carbons (Fsp3) is 0. The van der Waals surface area contributed by atoms with Gasteiger partial charge in [0.05, 0.1) is 0 Å². The molecule has 0 unspecified atom stereocenters. The molecule has 2 aromatic rings. The Balaban J connectivity index is 1.79. The summed E-state index contributed by atoms with van der Waals surface area (Å²) in [6.07, 6.45) is 5.10. The fourth-order valence-electron chi connectivity index (χ4n) is 1.96. The van der Waals surface area contributed by atoms with Gasteiger partial charge in [0, 0.05) is 6.08 Å². The van der Waals surface area contributed by atoms with Gasteiger partial charge in [-0.2, -0.15) is 0 Å². The quantitative estimate of drug-likeness (QED) is 0.696. The first kappa shape index (κ1) is 13.8. The summed E-state index contributed by atoms with van der Waals surface area (Å²) in [4.78, 5) is 15.9. The molecule has 0 atom stereocenters. The summed E-state index contributed by atoms with van der Waals surface area (Å²) in [7, 11) is 0. The molecule has 0 fully saturated rings. The molecule has 0 aromatic heterocycles. The van der Waals surface area contributed by atoms with Gasteiger partial charge in [0.1, 0.15) is 5.75 Å². The van der Waals surface area contributed by atoms with Crippen molar-refractivity contribution >= 4 is 24.0 Å². The first-order valence-electron chi connectivity index (χ1n) is 6.75. The van der Waals surface area contributed by atoms with E-state index in [-0.39, 0.29) is 17.3 Å². The van der Waals surface area contributed by atoms with Crippen molar-refractivity contribution in [2.75, 3.05) is 0 Å². The minimum absolute atomic E-state index is 0.172. The topological polar surface area (TPSA) is 58.9 Å². The molecule has 22 heavy (non-hydrogen) atoms. The number of rotatable bonds is 3. The van der Waals surface area contributed by atoms with Crippen molar-refractivity contribution in [2.45, 2.75) is 0 Å². The molecule has 0 saturated heterocycles. The van der Waals surface area contributed by atoms with Gasteiger partial charge in [-0.1, -0.05) is 42.5 Å². The lowest BCUT2D eigenvalue weighted by Gasteiger charge is -1.94. The average molecular weight is 291 g/mol. The molecule has 1 heterocycles. The van der Waals surface area contributed by atoms with Gasteiger partial charge in [-0.15, -0.1) is 0 Å². The smallest absolute Gasteiger partial charge is 0.363 e. The zero-order chi connectivity index (χ0) is 15.4. The van der Waals surface area contributed by atoms with Crippen LogP contribution in [0.15, 0.2) is 71.4 Å². The van der Waals surface area contributed by atoms with Gasteiger partial charge in [-0.25, -0.2) is 9.79 Å². The van der Waals surface area contributed by atoms with E-state index in [9.17, 15) is 9.90 Å². The van der Waals surface area contributed by atoms with Crippen LogP contribution in [0.25, 0.3) is 12.2 Å². The summed E-state index contributed by atoms with van der Waals surface area (Å²) >= 11 is 0. The van der Waals surface area contributed by atoms with Crippen molar-refractivity contribution in [1.29, 1.82) is 0 Å². The molecular formula is C18H13NO3. The van der Waals surface area contributed by atoms with Crippen LogP contribution in [0.2, 0.25) is 0 Å². The number of cyclic esters (lactones) is 1. The van der Waals surface area contributed by atoms with Crippen LogP contribution in [-0.2, 0) is 9.53 Å². The van der Waals surface area contributed by atoms with Crippen molar-refractivity contribution in [3.63, 3.8) is 0 Å². The summed E-state index contributed by atoms with van der Waals surface area (Å²) in [5.74, 6) is -0.0502. The van der Waals surface area contributed by atoms with Crippen molar-refractivity contribution < 1.29 is 14.6 Å². The predicted octanol–water partition coefficient (Wildman–Crippen LogP) is 3.40. The third-order valence-corrected chi connectivity index (χ3v) is 3.05. The monoisotopic (exact) mass is 291 g/mol. The van der Waals surface area contributed by atoms with E-state index >= 15 is 0 Å². The molecule has 0 spiro atoms. The molecule has 1 aliphatic heterocycles. The summed E-state index contributed by atoms with van der Waals surface area (Å²) in [5.41, 5.74) is 2.00. The first-order valence-corrected chi connectivity index (χ1v) is 6.75. The lowest BCUT2D eigenvalue weighted by molar-refractivity contribution is -0.129. The third-order valence-electron chi connectivity index (χ3n) is 3.05. The van der Waals surface area contributed by atoms with Gasteiger partial charge in [0.2, 0.25) is 5.90 Å². The highest BCUT2D eigenvalue weighted by Gasteiger charge is 2.20. The number of nitrogens with zero attached hydrogens (tertiary/aromatic N) is 1. The molecule has 0 radical (unpaired) electrons. The maximum absolute atomic E-state index is 11.8. The van der Waals surface area contributed by atoms with E-state index in [0.717, 1.165) is 11.1 Å². The Morgan fingerprint density at radius 1 is 0.909 bits per heavy atom. The molecule has 1 N–H and O–H groups in total. The van der Waals surface area contributed by atoms with Crippen molar-refractivity contribution in [1.82, 2.24) is 0 Å². The summed E-state index contributed by atoms with van der Waals surface area (Å²) in [6.45, 7) is 0. The molecule has 0 aliphatic carbocycles. The van der Waals surface area contributed by atoms with Gasteiger partial charge < -0.3 is 9.84 Å². The molecule has 2 aromatic carbocycles. The standard InChI is InChI=1S/C18H13NO3/c20-15-9-6-14(7-10-15)12-16-18(21)22-17(19-16)11-8-13-4-2-1-3-5-13/h1-12,20H/b11-8-,16-12+. The second-order valence-electron chi connectivity index (χ2n) is 4.70. The number of esters is 1. The maximum Gasteiger partial charge on any atom is 0.363 e. The number of aliphatic imine (C=N–C) groups is 1. The van der Waals surface area contributed by atoms with E-state index in [4.69, 9.17) is 4.74 Å². The average Bonchev–Trinajstić information content (AvgIpc) is 2.89. The molecule has 0 bridgehead atoms. The minimum Gasteiger partial charge on any atom is -0.508 e. The Labute approximate surface area is 127 Å². The molecule has 4 nitrogen and oxygen atoms in total. The summed E-state index contributed by atoms with van der Waals surface area (Å²) in [5, 5.41) is 9.24. The number of phenols is 1. The van der Waals surface area contributed by atoms with Crippen LogP contribution in [0.4, 0.5) is 0 Å². The number of ether oxygens (including phenoxy) is 1. The molecule has 4 heteroatoms. The Morgan fingerprint density at radius 2 is 1.64 bits per heavy atom. The molecule has 108 valence electrons. The molecule has 0 amide bonds. The fourth-order valence-corrected chi connectivity index (χ4v) is 1.96. The predicted molar refractivity (Wildman–Crippen MR) is 85.1 cm³/mol. The highest BCUT2D eigenvalue weighted by molar-refractivity contribution is 6.11. The maximum atomic E-state index is 11.8. The van der Waals surface area contributed by atoms with E-state index in [2.05, 4.69) is 4.99 Å². The number of benzene rings is 2. The van der Waals surface area contributed by atoms with E-state index in [1.807, 2.05) is 36.4 Å². The number of carbonyl (C=O) groups is 1. The van der Waals surface area contributed by atoms with Crippen molar-refractivity contribution in [3.05, 3.63) is 77.5 Å². The van der Waals surface area contributed by atoms with Gasteiger partial charge in [-0.3, -0.25) is 0 Å². The Hall–Kier alpha value is -3.14. The second kappa shape index (κ2) is 6.10. The number of hydrogen-bond donors (Lipinski definition) is 1. The number of aromatic hydroxyl groups is 1. The van der Waals surface area contributed by atoms with E-state index in [0.29, 0.717) is 0 Å². The Kier molecular flexibility index (Phi) is 3.83. The summed E-state index contributed by atoms with van der Waals surface area (Å²) in [6, 6.07) is 16.2. The van der Waals surface area contributed by atoms with E-state index in [1.54, 1.807) is 36.4 Å². The number of hydrogen-bond acceptors (Lipinski definition) is 4. The molecule has 3 rings (SSSR count). The summed E-state index contributed by atoms with van der Waals surface area (Å²) < 4.78 is 5.10. The van der Waals surface area contributed by atoms with Crippen LogP contribution in [0.5, 0.6) is 5.75 Å². The highest BCUT2D eigenvalue weighted by atomic mass is 16.6. The molecular weight excluding hydrogens is 278 g/mol. The SMILES string of the molecule is O=C1OC(/C=C\c2ccccc2)=NC/1=C/c1ccc(O)cc1. The zero-order valence-corrected chi connectivity index (χ0v) is 11.6. The third kappa shape index (κ3) is 3.30. The van der Waals surface area contributed by atoms with Gasteiger partial charge in [-0.05, 0) is 35.4 Å². The van der Waals surface area contributed by atoms with Gasteiger partial charge in [0.25, 0.3) is 0 Å². The van der Waals surface area contributed by atoms with E-state index in [1.165, 1.54) is 0 Å². The lowest BCUT2D eigenvalue weighted by Crippen LogP contribution is -2.01. The minimum atomic E-state index is -0.485. The van der Waals surface area contributed by atoms with Gasteiger partial charge in [0.15, 0.2) is 5.70 Å². The molecule has 1 aliphatic rings. The largest absolute Gasteiger partial charge is 0.508 e. The Morgan fingerprint density at radius 3 is 2.36 bits per heavy atom. The second-order valence-corrected chi connectivity index (χ2v) is 4.70. The van der Waals surface area contributed by atoms with Crippen molar-refractivity contribution in [2.24, 2.45) is 4.99 Å². The number of phenolic OH excluding ortho intramolecular Hbond substituents is 1. The molecule has 0 saturated carbocycles. The normalized spacial score (nSPS) is 16.1. The van der Waals surface area contributed by atoms with E-state index < -0.39 is 5.97 Å². The van der Waals surface area contributed by atoms with Crippen LogP contribution in [0.3, 0.4) is 0 Å². The number of carbonyl (C=O) groups excluding carboxylic acids is 1.